The van der Waals surface area contributed by atoms with E-state index in [0.717, 1.165) is 0 Å². The molecule has 0 aliphatic rings. The van der Waals surface area contributed by atoms with Gasteiger partial charge in [0.1, 0.15) is 0 Å². The summed E-state index contributed by atoms with van der Waals surface area (Å²) in [6.07, 6.45) is 0.0519. The number of carboxylic acid groups (broad SMARTS) is 1. The minimum atomic E-state index is -0.933. The van der Waals surface area contributed by atoms with E-state index >= 15 is 0 Å². The third-order valence-corrected chi connectivity index (χ3v) is 2.81. The summed E-state index contributed by atoms with van der Waals surface area (Å²) in [4.78, 5) is 22.4. The molecule has 0 aliphatic carbocycles. The molecule has 0 saturated heterocycles. The Morgan fingerprint density at radius 1 is 1.12 bits per heavy atom. The molecule has 0 radical (unpaired) electrons. The standard InChI is InChI=1S/C14H18O3/c1-9(2)11-4-6-12(7-5-11)13(15)8-10(3)14(16)17/h4-7,9-10H,8H2,1-3H3,(H,16,17)/t10-/m0/s1. The van der Waals surface area contributed by atoms with E-state index < -0.39 is 11.9 Å². The van der Waals surface area contributed by atoms with Gasteiger partial charge in [-0.05, 0) is 11.5 Å². The summed E-state index contributed by atoms with van der Waals surface area (Å²) in [5.41, 5.74) is 1.76. The maximum atomic E-state index is 11.8. The third-order valence-electron chi connectivity index (χ3n) is 2.81. The fourth-order valence-electron chi connectivity index (χ4n) is 1.54. The van der Waals surface area contributed by atoms with Crippen molar-refractivity contribution in [1.82, 2.24) is 0 Å². The van der Waals surface area contributed by atoms with Crippen molar-refractivity contribution in [3.05, 3.63) is 35.4 Å². The van der Waals surface area contributed by atoms with Crippen LogP contribution in [0.15, 0.2) is 24.3 Å². The largest absolute Gasteiger partial charge is 0.481 e. The van der Waals surface area contributed by atoms with Crippen LogP contribution in [0, 0.1) is 5.92 Å². The third kappa shape index (κ3) is 3.70. The van der Waals surface area contributed by atoms with Crippen molar-refractivity contribution in [2.75, 3.05) is 0 Å². The Bertz CT molecular complexity index is 404. The van der Waals surface area contributed by atoms with Gasteiger partial charge in [-0.3, -0.25) is 9.59 Å². The molecule has 0 unspecified atom stereocenters. The number of Topliss-reactive ketones (excluding diaryl/α,β-unsaturated/α-hetero) is 1. The van der Waals surface area contributed by atoms with Crippen LogP contribution in [-0.4, -0.2) is 16.9 Å². The molecule has 17 heavy (non-hydrogen) atoms. The number of carbonyl (C=O) groups is 2. The molecule has 1 aromatic rings. The summed E-state index contributed by atoms with van der Waals surface area (Å²) in [5, 5.41) is 8.74. The Morgan fingerprint density at radius 3 is 2.06 bits per heavy atom. The fourth-order valence-corrected chi connectivity index (χ4v) is 1.54. The van der Waals surface area contributed by atoms with Gasteiger partial charge in [-0.2, -0.15) is 0 Å². The predicted octanol–water partition coefficient (Wildman–Crippen LogP) is 3.10. The van der Waals surface area contributed by atoms with Crippen LogP contribution in [0.2, 0.25) is 0 Å². The lowest BCUT2D eigenvalue weighted by Crippen LogP contribution is -2.14. The smallest absolute Gasteiger partial charge is 0.306 e. The van der Waals surface area contributed by atoms with E-state index in [1.807, 2.05) is 12.1 Å². The Labute approximate surface area is 101 Å². The van der Waals surface area contributed by atoms with Crippen LogP contribution in [0.4, 0.5) is 0 Å². The first-order valence-electron chi connectivity index (χ1n) is 5.77. The highest BCUT2D eigenvalue weighted by Gasteiger charge is 2.16. The van der Waals surface area contributed by atoms with Gasteiger partial charge in [0.15, 0.2) is 5.78 Å². The second-order valence-corrected chi connectivity index (χ2v) is 4.64. The zero-order chi connectivity index (χ0) is 13.0. The molecule has 0 spiro atoms. The molecule has 0 aliphatic heterocycles. The minimum Gasteiger partial charge on any atom is -0.481 e. The van der Waals surface area contributed by atoms with Crippen LogP contribution in [0.3, 0.4) is 0 Å². The topological polar surface area (TPSA) is 54.4 Å². The van der Waals surface area contributed by atoms with Gasteiger partial charge in [0.05, 0.1) is 5.92 Å². The molecule has 0 amide bonds. The summed E-state index contributed by atoms with van der Waals surface area (Å²) >= 11 is 0. The minimum absolute atomic E-state index is 0.0519. The molecule has 1 rings (SSSR count). The highest BCUT2D eigenvalue weighted by molar-refractivity contribution is 5.97. The van der Waals surface area contributed by atoms with Gasteiger partial charge in [0.2, 0.25) is 0 Å². The molecular weight excluding hydrogens is 216 g/mol. The lowest BCUT2D eigenvalue weighted by atomic mass is 9.97. The van der Waals surface area contributed by atoms with Gasteiger partial charge in [-0.25, -0.2) is 0 Å². The zero-order valence-corrected chi connectivity index (χ0v) is 10.4. The number of aliphatic carboxylic acids is 1. The zero-order valence-electron chi connectivity index (χ0n) is 10.4. The number of benzene rings is 1. The first kappa shape index (κ1) is 13.4. The summed E-state index contributed by atoms with van der Waals surface area (Å²) in [6, 6.07) is 7.38. The van der Waals surface area contributed by atoms with E-state index in [1.165, 1.54) is 5.56 Å². The van der Waals surface area contributed by atoms with Gasteiger partial charge in [0, 0.05) is 12.0 Å². The van der Waals surface area contributed by atoms with Crippen LogP contribution < -0.4 is 0 Å². The van der Waals surface area contributed by atoms with Crippen LogP contribution in [0.1, 0.15) is 49.0 Å². The van der Waals surface area contributed by atoms with E-state index in [0.29, 0.717) is 11.5 Å². The van der Waals surface area contributed by atoms with E-state index in [9.17, 15) is 9.59 Å². The molecule has 1 aromatic carbocycles. The number of carbonyl (C=O) groups excluding carboxylic acids is 1. The SMILES string of the molecule is CC(C)c1ccc(C(=O)C[C@H](C)C(=O)O)cc1. The van der Waals surface area contributed by atoms with Crippen molar-refractivity contribution in [2.24, 2.45) is 5.92 Å². The van der Waals surface area contributed by atoms with Crippen LogP contribution in [0.25, 0.3) is 0 Å². The van der Waals surface area contributed by atoms with E-state index in [2.05, 4.69) is 13.8 Å². The first-order chi connectivity index (χ1) is 7.91. The number of hydrogen-bond donors (Lipinski definition) is 1. The van der Waals surface area contributed by atoms with Gasteiger partial charge >= 0.3 is 5.97 Å². The quantitative estimate of drug-likeness (QED) is 0.796. The second kappa shape index (κ2) is 5.62. The lowest BCUT2D eigenvalue weighted by molar-refractivity contribution is -0.141. The Hall–Kier alpha value is -1.64. The van der Waals surface area contributed by atoms with Crippen molar-refractivity contribution in [3.8, 4) is 0 Å². The summed E-state index contributed by atoms with van der Waals surface area (Å²) < 4.78 is 0. The average molecular weight is 234 g/mol. The maximum absolute atomic E-state index is 11.8. The molecule has 3 nitrogen and oxygen atoms in total. The number of rotatable bonds is 5. The van der Waals surface area contributed by atoms with Gasteiger partial charge < -0.3 is 5.11 Å². The summed E-state index contributed by atoms with van der Waals surface area (Å²) in [7, 11) is 0. The molecule has 1 atom stereocenters. The van der Waals surface area contributed by atoms with E-state index in [4.69, 9.17) is 5.11 Å². The number of ketones is 1. The number of hydrogen-bond acceptors (Lipinski definition) is 2. The fraction of sp³-hybridized carbons (Fsp3) is 0.429. The molecule has 0 bridgehead atoms. The average Bonchev–Trinajstić information content (AvgIpc) is 2.28. The van der Waals surface area contributed by atoms with Crippen LogP contribution >= 0.6 is 0 Å². The first-order valence-corrected chi connectivity index (χ1v) is 5.77. The molecular formula is C14H18O3. The molecule has 0 aromatic heterocycles. The van der Waals surface area contributed by atoms with Crippen molar-refractivity contribution in [3.63, 3.8) is 0 Å². The summed E-state index contributed by atoms with van der Waals surface area (Å²) in [6.45, 7) is 5.72. The molecule has 0 fully saturated rings. The monoisotopic (exact) mass is 234 g/mol. The highest BCUT2D eigenvalue weighted by atomic mass is 16.4. The normalized spacial score (nSPS) is 12.5. The molecule has 92 valence electrons. The molecule has 0 saturated carbocycles. The van der Waals surface area contributed by atoms with E-state index in [-0.39, 0.29) is 12.2 Å². The highest BCUT2D eigenvalue weighted by Crippen LogP contribution is 2.16. The lowest BCUT2D eigenvalue weighted by Gasteiger charge is -2.08. The van der Waals surface area contributed by atoms with Gasteiger partial charge in [0.25, 0.3) is 0 Å². The maximum Gasteiger partial charge on any atom is 0.306 e. The molecule has 1 N–H and O–H groups in total. The molecule has 0 heterocycles. The predicted molar refractivity (Wildman–Crippen MR) is 66.3 cm³/mol. The van der Waals surface area contributed by atoms with Crippen molar-refractivity contribution >= 4 is 11.8 Å². The molecule has 3 heteroatoms. The summed E-state index contributed by atoms with van der Waals surface area (Å²) in [5.74, 6) is -1.25. The van der Waals surface area contributed by atoms with Crippen molar-refractivity contribution in [1.29, 1.82) is 0 Å². The Morgan fingerprint density at radius 2 is 1.65 bits per heavy atom. The van der Waals surface area contributed by atoms with Gasteiger partial charge in [-0.1, -0.05) is 45.0 Å². The Balaban J connectivity index is 2.73. The van der Waals surface area contributed by atoms with Gasteiger partial charge in [-0.15, -0.1) is 0 Å². The van der Waals surface area contributed by atoms with E-state index in [1.54, 1.807) is 19.1 Å². The number of carboxylic acids is 1. The van der Waals surface area contributed by atoms with Crippen LogP contribution in [0.5, 0.6) is 0 Å². The Kier molecular flexibility index (Phi) is 4.44. The van der Waals surface area contributed by atoms with Crippen molar-refractivity contribution in [2.45, 2.75) is 33.1 Å². The van der Waals surface area contributed by atoms with Crippen LogP contribution in [-0.2, 0) is 4.79 Å². The van der Waals surface area contributed by atoms with Crippen molar-refractivity contribution < 1.29 is 14.7 Å². The second-order valence-electron chi connectivity index (χ2n) is 4.64.